The van der Waals surface area contributed by atoms with Gasteiger partial charge in [0.1, 0.15) is 11.3 Å². The smallest absolute Gasteiger partial charge is 0.159 e. The van der Waals surface area contributed by atoms with Crippen LogP contribution in [0.15, 0.2) is 239 Å². The van der Waals surface area contributed by atoms with E-state index >= 15 is 0 Å². The number of anilines is 6. The summed E-state index contributed by atoms with van der Waals surface area (Å²) in [5, 5.41) is 10.5. The molecule has 0 bridgehead atoms. The lowest BCUT2D eigenvalue weighted by Gasteiger charge is -2.29. The van der Waals surface area contributed by atoms with Crippen LogP contribution in [0.5, 0.6) is 0 Å². The molecule has 0 fully saturated rings. The molecule has 1 aliphatic rings. The third-order valence-corrected chi connectivity index (χ3v) is 14.3. The van der Waals surface area contributed by atoms with Crippen molar-refractivity contribution in [2.45, 2.75) is 13.3 Å². The van der Waals surface area contributed by atoms with Gasteiger partial charge < -0.3 is 18.6 Å². The van der Waals surface area contributed by atoms with E-state index in [0.717, 1.165) is 107 Å². The maximum absolute atomic E-state index is 7.17. The fourth-order valence-electron chi connectivity index (χ4n) is 11.3. The lowest BCUT2D eigenvalue weighted by Crippen LogP contribution is -2.11. The molecule has 13 aromatic rings. The van der Waals surface area contributed by atoms with Gasteiger partial charge in [-0.1, -0.05) is 189 Å². The van der Waals surface area contributed by atoms with Crippen LogP contribution in [-0.4, -0.2) is 0 Å². The van der Waals surface area contributed by atoms with Gasteiger partial charge >= 0.3 is 0 Å². The van der Waals surface area contributed by atoms with E-state index in [-0.39, 0.29) is 0 Å². The van der Waals surface area contributed by atoms with E-state index in [1.165, 1.54) is 32.7 Å². The monoisotopic (exact) mass is 884 g/mol. The summed E-state index contributed by atoms with van der Waals surface area (Å²) in [5.41, 5.74) is 14.7. The summed E-state index contributed by atoms with van der Waals surface area (Å²) in [6, 6.07) is 80.7. The Morgan fingerprint density at radius 3 is 1.43 bits per heavy atom. The Balaban J connectivity index is 0.988. The van der Waals surface area contributed by atoms with Crippen molar-refractivity contribution in [3.8, 4) is 11.1 Å². The van der Waals surface area contributed by atoms with E-state index in [1.807, 2.05) is 0 Å². The van der Waals surface area contributed by atoms with E-state index in [2.05, 4.69) is 247 Å². The second-order valence-electron chi connectivity index (χ2n) is 18.4. The minimum Gasteiger partial charge on any atom is -0.454 e. The van der Waals surface area contributed by atoms with Crippen LogP contribution in [0, 0.1) is 5.92 Å². The molecular weight excluding hydrogens is 841 g/mol. The van der Waals surface area contributed by atoms with Gasteiger partial charge in [-0.25, -0.2) is 0 Å². The molecule has 0 N–H and O–H groups in total. The van der Waals surface area contributed by atoms with Crippen molar-refractivity contribution in [2.75, 3.05) is 9.80 Å². The van der Waals surface area contributed by atoms with Crippen LogP contribution in [-0.2, 0) is 6.42 Å². The molecule has 0 saturated carbocycles. The van der Waals surface area contributed by atoms with Crippen molar-refractivity contribution >= 4 is 105 Å². The van der Waals surface area contributed by atoms with Crippen molar-refractivity contribution in [3.05, 3.63) is 247 Å². The average Bonchev–Trinajstić information content (AvgIpc) is 3.99. The number of fused-ring (bicyclic) bond motifs is 6. The second-order valence-corrected chi connectivity index (χ2v) is 18.4. The minimum atomic E-state index is 0.377. The predicted molar refractivity (Wildman–Crippen MR) is 288 cm³/mol. The number of hydrogen-bond donors (Lipinski definition) is 0. The first-order valence-corrected chi connectivity index (χ1v) is 23.9. The molecule has 326 valence electrons. The van der Waals surface area contributed by atoms with Crippen molar-refractivity contribution in [3.63, 3.8) is 0 Å². The number of benzene rings is 11. The maximum atomic E-state index is 7.17. The molecule has 11 aromatic carbocycles. The Labute approximate surface area is 399 Å². The highest BCUT2D eigenvalue weighted by Gasteiger charge is 2.29. The van der Waals surface area contributed by atoms with Gasteiger partial charge in [0.05, 0.1) is 22.7 Å². The number of para-hydroxylation sites is 5. The van der Waals surface area contributed by atoms with E-state index < -0.39 is 0 Å². The van der Waals surface area contributed by atoms with Crippen molar-refractivity contribution in [2.24, 2.45) is 5.92 Å². The summed E-state index contributed by atoms with van der Waals surface area (Å²) < 4.78 is 14.2. The van der Waals surface area contributed by atoms with E-state index in [1.54, 1.807) is 0 Å². The fourth-order valence-corrected chi connectivity index (χ4v) is 11.3. The SMILES string of the molecule is CC1C=C(c2ccccc2)c2oc3c(N(c4ccccc4)c4ccc5ccc6c(N(c7ccccc7)c7cccc8c7oc7c(-c9ccccc9)cccc78)ccc7ccc4c5c76)cccc3c2C1. The summed E-state index contributed by atoms with van der Waals surface area (Å²) in [6.07, 6.45) is 3.30. The Morgan fingerprint density at radius 2 is 0.855 bits per heavy atom. The van der Waals surface area contributed by atoms with Gasteiger partial charge in [0.15, 0.2) is 11.2 Å². The van der Waals surface area contributed by atoms with Gasteiger partial charge in [0.25, 0.3) is 0 Å². The van der Waals surface area contributed by atoms with Crippen LogP contribution >= 0.6 is 0 Å². The Hall–Kier alpha value is -8.86. The van der Waals surface area contributed by atoms with Crippen LogP contribution in [0.25, 0.3) is 81.9 Å². The molecule has 0 saturated heterocycles. The zero-order valence-electron chi connectivity index (χ0n) is 37.9. The summed E-state index contributed by atoms with van der Waals surface area (Å²) in [5.74, 6) is 1.34. The first-order chi connectivity index (χ1) is 34.2. The Morgan fingerprint density at radius 1 is 0.377 bits per heavy atom. The fraction of sp³-hybridized carbons (Fsp3) is 0.0462. The van der Waals surface area contributed by atoms with Crippen LogP contribution in [0.1, 0.15) is 23.8 Å². The van der Waals surface area contributed by atoms with E-state index in [0.29, 0.717) is 5.92 Å². The number of rotatable bonds is 8. The molecule has 1 aliphatic carbocycles. The summed E-state index contributed by atoms with van der Waals surface area (Å²) >= 11 is 0. The van der Waals surface area contributed by atoms with Gasteiger partial charge in [-0.2, -0.15) is 0 Å². The Bertz CT molecular complexity index is 4110. The number of allylic oxidation sites excluding steroid dienone is 1. The molecule has 4 nitrogen and oxygen atoms in total. The second kappa shape index (κ2) is 15.6. The minimum absolute atomic E-state index is 0.377. The van der Waals surface area contributed by atoms with Gasteiger partial charge in [-0.15, -0.1) is 0 Å². The van der Waals surface area contributed by atoms with Gasteiger partial charge in [0.2, 0.25) is 0 Å². The highest BCUT2D eigenvalue weighted by Crippen LogP contribution is 2.51. The highest BCUT2D eigenvalue weighted by atomic mass is 16.3. The quantitative estimate of drug-likeness (QED) is 0.142. The number of hydrogen-bond acceptors (Lipinski definition) is 4. The molecular formula is C65H44N2O2. The highest BCUT2D eigenvalue weighted by molar-refractivity contribution is 6.28. The molecule has 2 aromatic heterocycles. The standard InChI is InChI=1S/C65H44N2O2/c1-41-39-54(43-19-8-3-9-20-43)63-55(40-41)51-28-16-30-59(65(51)69-63)67(47-23-12-5-13-24-47)57-38-34-45-31-35-52-56(37-33-44-32-36-53(57)61(45)60(44)52)66(46-21-10-4-11-22-46)58-29-15-27-50-49-26-14-25-48(62(49)68-64(50)58)42-17-6-2-7-18-42/h2-39,41H,40H2,1H3. The molecule has 0 amide bonds. The third-order valence-electron chi connectivity index (χ3n) is 14.3. The first kappa shape index (κ1) is 39.3. The first-order valence-electron chi connectivity index (χ1n) is 23.9. The van der Waals surface area contributed by atoms with Crippen molar-refractivity contribution < 1.29 is 8.83 Å². The average molecular weight is 885 g/mol. The summed E-state index contributed by atoms with van der Waals surface area (Å²) in [6.45, 7) is 2.31. The normalized spacial score (nSPS) is 13.8. The molecule has 69 heavy (non-hydrogen) atoms. The molecule has 0 aliphatic heterocycles. The largest absolute Gasteiger partial charge is 0.454 e. The van der Waals surface area contributed by atoms with E-state index in [9.17, 15) is 0 Å². The number of nitrogens with zero attached hydrogens (tertiary/aromatic N) is 2. The zero-order valence-corrected chi connectivity index (χ0v) is 37.9. The molecule has 0 spiro atoms. The molecule has 0 radical (unpaired) electrons. The van der Waals surface area contributed by atoms with Crippen LogP contribution < -0.4 is 9.80 Å². The molecule has 1 atom stereocenters. The molecule has 2 heterocycles. The lowest BCUT2D eigenvalue weighted by molar-refractivity contribution is 0.579. The number of furan rings is 2. The summed E-state index contributed by atoms with van der Waals surface area (Å²) in [4.78, 5) is 4.79. The summed E-state index contributed by atoms with van der Waals surface area (Å²) in [7, 11) is 0. The molecule has 4 heteroatoms. The molecule has 14 rings (SSSR count). The van der Waals surface area contributed by atoms with Gasteiger partial charge in [-0.05, 0) is 93.5 Å². The van der Waals surface area contributed by atoms with Gasteiger partial charge in [-0.3, -0.25) is 0 Å². The molecule has 1 unspecified atom stereocenters. The van der Waals surface area contributed by atoms with Crippen LogP contribution in [0.4, 0.5) is 34.1 Å². The predicted octanol–water partition coefficient (Wildman–Crippen LogP) is 18.5. The zero-order chi connectivity index (χ0) is 45.6. The van der Waals surface area contributed by atoms with Crippen LogP contribution in [0.2, 0.25) is 0 Å². The maximum Gasteiger partial charge on any atom is 0.159 e. The Kier molecular flexibility index (Phi) is 8.90. The van der Waals surface area contributed by atoms with Gasteiger partial charge in [0, 0.05) is 55.0 Å². The van der Waals surface area contributed by atoms with Crippen molar-refractivity contribution in [1.82, 2.24) is 0 Å². The van der Waals surface area contributed by atoms with Crippen molar-refractivity contribution in [1.29, 1.82) is 0 Å². The third kappa shape index (κ3) is 6.15. The van der Waals surface area contributed by atoms with Crippen LogP contribution in [0.3, 0.4) is 0 Å². The van der Waals surface area contributed by atoms with E-state index in [4.69, 9.17) is 8.83 Å². The topological polar surface area (TPSA) is 32.8 Å². The lowest BCUT2D eigenvalue weighted by atomic mass is 9.86.